The molecule has 2 amide bonds. The van der Waals surface area contributed by atoms with Gasteiger partial charge in [-0.05, 0) is 51.8 Å². The number of hydrogen-bond acceptors (Lipinski definition) is 4. The number of ketones is 1. The van der Waals surface area contributed by atoms with Crippen molar-refractivity contribution in [3.8, 4) is 0 Å². The van der Waals surface area contributed by atoms with Gasteiger partial charge in [0.15, 0.2) is 5.78 Å². The molecule has 1 aromatic carbocycles. The van der Waals surface area contributed by atoms with Gasteiger partial charge in [-0.2, -0.15) is 0 Å². The first-order valence-corrected chi connectivity index (χ1v) is 10.4. The number of carbonyl (C=O) groups excluding carboxylic acids is 3. The van der Waals surface area contributed by atoms with E-state index in [1.165, 1.54) is 24.4 Å². The maximum atomic E-state index is 14.0. The Morgan fingerprint density at radius 1 is 1.23 bits per heavy atom. The Labute approximate surface area is 184 Å². The summed E-state index contributed by atoms with van der Waals surface area (Å²) < 4.78 is 19.4. The van der Waals surface area contributed by atoms with Crippen LogP contribution in [0.25, 0.3) is 0 Å². The Balaban J connectivity index is 1.58. The van der Waals surface area contributed by atoms with Gasteiger partial charge in [0.1, 0.15) is 17.1 Å². The lowest BCUT2D eigenvalue weighted by Crippen LogP contribution is -2.47. The fourth-order valence-electron chi connectivity index (χ4n) is 3.31. The van der Waals surface area contributed by atoms with Gasteiger partial charge in [0.2, 0.25) is 0 Å². The molecule has 31 heavy (non-hydrogen) atoms. The highest BCUT2D eigenvalue weighted by atomic mass is 35.5. The van der Waals surface area contributed by atoms with Crippen molar-refractivity contribution in [1.29, 1.82) is 0 Å². The Bertz CT molecular complexity index is 971. The Morgan fingerprint density at radius 2 is 1.90 bits per heavy atom. The monoisotopic (exact) mass is 449 g/mol. The fraction of sp³-hybridized carbons (Fsp3) is 0.409. The predicted molar refractivity (Wildman–Crippen MR) is 114 cm³/mol. The molecule has 166 valence electrons. The van der Waals surface area contributed by atoms with E-state index in [9.17, 15) is 18.8 Å². The first-order chi connectivity index (χ1) is 14.5. The number of aromatic amines is 1. The van der Waals surface area contributed by atoms with Crippen molar-refractivity contribution in [2.45, 2.75) is 45.3 Å². The van der Waals surface area contributed by atoms with Crippen molar-refractivity contribution in [3.63, 3.8) is 0 Å². The zero-order valence-corrected chi connectivity index (χ0v) is 18.4. The van der Waals surface area contributed by atoms with Crippen LogP contribution in [0.4, 0.5) is 9.18 Å². The summed E-state index contributed by atoms with van der Waals surface area (Å²) in [4.78, 5) is 41.7. The Hall–Kier alpha value is -2.87. The lowest BCUT2D eigenvalue weighted by atomic mass is 10.0. The van der Waals surface area contributed by atoms with Gasteiger partial charge in [-0.15, -0.1) is 0 Å². The first kappa shape index (κ1) is 22.8. The number of nitrogens with one attached hydrogen (secondary N) is 2. The van der Waals surface area contributed by atoms with Crippen molar-refractivity contribution in [3.05, 3.63) is 58.1 Å². The zero-order chi connectivity index (χ0) is 22.8. The van der Waals surface area contributed by atoms with E-state index in [1.54, 1.807) is 4.90 Å². The lowest BCUT2D eigenvalue weighted by molar-refractivity contribution is 0.0199. The molecule has 1 saturated heterocycles. The van der Waals surface area contributed by atoms with E-state index in [0.717, 1.165) is 6.07 Å². The third-order valence-corrected chi connectivity index (χ3v) is 5.18. The fourth-order valence-corrected chi connectivity index (χ4v) is 3.56. The van der Waals surface area contributed by atoms with Crippen LogP contribution in [0.3, 0.4) is 0 Å². The molecule has 2 heterocycles. The summed E-state index contributed by atoms with van der Waals surface area (Å²) in [6.07, 6.45) is 2.16. The molecule has 3 rings (SSSR count). The minimum atomic E-state index is -0.721. The molecular weight excluding hydrogens is 425 g/mol. The SMILES string of the molecule is CC(C)(C)OC(=O)N1CCC(NC(=O)c2cc(C(=O)c3c(F)cccc3Cl)c[nH]2)CC1. The van der Waals surface area contributed by atoms with Gasteiger partial charge >= 0.3 is 6.09 Å². The molecule has 2 aromatic rings. The van der Waals surface area contributed by atoms with Crippen LogP contribution < -0.4 is 5.32 Å². The average Bonchev–Trinajstić information content (AvgIpc) is 3.17. The van der Waals surface area contributed by atoms with E-state index in [-0.39, 0.29) is 39.9 Å². The van der Waals surface area contributed by atoms with Gasteiger partial charge in [-0.3, -0.25) is 9.59 Å². The summed E-state index contributed by atoms with van der Waals surface area (Å²) in [6, 6.07) is 5.26. The molecule has 0 atom stereocenters. The minimum Gasteiger partial charge on any atom is -0.444 e. The molecular formula is C22H25ClFN3O4. The molecule has 1 aliphatic heterocycles. The maximum Gasteiger partial charge on any atom is 0.410 e. The molecule has 0 saturated carbocycles. The molecule has 0 aliphatic carbocycles. The molecule has 1 aliphatic rings. The normalized spacial score (nSPS) is 14.9. The molecule has 0 spiro atoms. The van der Waals surface area contributed by atoms with E-state index >= 15 is 0 Å². The second kappa shape index (κ2) is 9.09. The molecule has 1 aromatic heterocycles. The Morgan fingerprint density at radius 3 is 2.52 bits per heavy atom. The van der Waals surface area contributed by atoms with Crippen LogP contribution in [0.15, 0.2) is 30.5 Å². The number of amides is 2. The summed E-state index contributed by atoms with van der Waals surface area (Å²) in [6.45, 7) is 6.38. The van der Waals surface area contributed by atoms with Gasteiger partial charge in [0.25, 0.3) is 5.91 Å². The number of ether oxygens (including phenoxy) is 1. The van der Waals surface area contributed by atoms with Gasteiger partial charge in [0, 0.05) is 30.9 Å². The number of piperidine rings is 1. The minimum absolute atomic E-state index is 0.00829. The molecule has 0 radical (unpaired) electrons. The number of aromatic nitrogens is 1. The molecule has 0 bridgehead atoms. The van der Waals surface area contributed by atoms with Crippen LogP contribution in [0.2, 0.25) is 5.02 Å². The largest absolute Gasteiger partial charge is 0.444 e. The van der Waals surface area contributed by atoms with Crippen molar-refractivity contribution < 1.29 is 23.5 Å². The highest BCUT2D eigenvalue weighted by Gasteiger charge is 2.28. The van der Waals surface area contributed by atoms with Crippen molar-refractivity contribution in [1.82, 2.24) is 15.2 Å². The number of likely N-dealkylation sites (tertiary alicyclic amines) is 1. The smallest absolute Gasteiger partial charge is 0.410 e. The summed E-state index contributed by atoms with van der Waals surface area (Å²) in [5, 5.41) is 2.91. The van der Waals surface area contributed by atoms with Crippen molar-refractivity contribution in [2.75, 3.05) is 13.1 Å². The molecule has 1 fully saturated rings. The van der Waals surface area contributed by atoms with E-state index in [1.807, 2.05) is 20.8 Å². The van der Waals surface area contributed by atoms with E-state index in [0.29, 0.717) is 25.9 Å². The highest BCUT2D eigenvalue weighted by Crippen LogP contribution is 2.23. The van der Waals surface area contributed by atoms with Crippen LogP contribution in [-0.2, 0) is 4.74 Å². The number of benzene rings is 1. The highest BCUT2D eigenvalue weighted by molar-refractivity contribution is 6.35. The van der Waals surface area contributed by atoms with Gasteiger partial charge in [-0.25, -0.2) is 9.18 Å². The van der Waals surface area contributed by atoms with Gasteiger partial charge in [0.05, 0.1) is 10.6 Å². The maximum absolute atomic E-state index is 14.0. The number of carbonyl (C=O) groups is 3. The summed E-state index contributed by atoms with van der Waals surface area (Å²) in [5.41, 5.74) is -0.468. The van der Waals surface area contributed by atoms with Gasteiger partial charge in [-0.1, -0.05) is 17.7 Å². The second-order valence-corrected chi connectivity index (χ2v) is 8.85. The Kier molecular flexibility index (Phi) is 6.69. The van der Waals surface area contributed by atoms with Gasteiger partial charge < -0.3 is 19.9 Å². The topological polar surface area (TPSA) is 91.5 Å². The molecule has 2 N–H and O–H groups in total. The van der Waals surface area contributed by atoms with E-state index in [2.05, 4.69) is 10.3 Å². The van der Waals surface area contributed by atoms with Crippen LogP contribution in [-0.4, -0.2) is 52.4 Å². The summed E-state index contributed by atoms with van der Waals surface area (Å²) in [7, 11) is 0. The van der Waals surface area contributed by atoms with Crippen LogP contribution in [0, 0.1) is 5.82 Å². The molecule has 7 nitrogen and oxygen atoms in total. The summed E-state index contributed by atoms with van der Waals surface area (Å²) in [5.74, 6) is -1.71. The van der Waals surface area contributed by atoms with E-state index < -0.39 is 17.2 Å². The number of halogens is 2. The zero-order valence-electron chi connectivity index (χ0n) is 17.6. The molecule has 0 unspecified atom stereocenters. The third-order valence-electron chi connectivity index (χ3n) is 4.86. The van der Waals surface area contributed by atoms with E-state index in [4.69, 9.17) is 16.3 Å². The second-order valence-electron chi connectivity index (χ2n) is 8.44. The number of H-pyrrole nitrogens is 1. The first-order valence-electron chi connectivity index (χ1n) is 10.0. The van der Waals surface area contributed by atoms with Crippen LogP contribution in [0.5, 0.6) is 0 Å². The lowest BCUT2D eigenvalue weighted by Gasteiger charge is -2.33. The van der Waals surface area contributed by atoms with Crippen LogP contribution >= 0.6 is 11.6 Å². The average molecular weight is 450 g/mol. The number of hydrogen-bond donors (Lipinski definition) is 2. The third kappa shape index (κ3) is 5.64. The standard InChI is InChI=1S/C22H25ClFN3O4/c1-22(2,3)31-21(30)27-9-7-14(8-10-27)26-20(29)17-11-13(12-25-17)19(28)18-15(23)5-4-6-16(18)24/h4-6,11-12,14,25H,7-10H2,1-3H3,(H,26,29). The quantitative estimate of drug-likeness (QED) is 0.685. The summed E-state index contributed by atoms with van der Waals surface area (Å²) >= 11 is 5.95. The van der Waals surface area contributed by atoms with Crippen molar-refractivity contribution >= 4 is 29.4 Å². The number of nitrogens with zero attached hydrogens (tertiary/aromatic N) is 1. The van der Waals surface area contributed by atoms with Crippen LogP contribution in [0.1, 0.15) is 60.0 Å². The predicted octanol–water partition coefficient (Wildman–Crippen LogP) is 4.17. The van der Waals surface area contributed by atoms with Crippen molar-refractivity contribution in [2.24, 2.45) is 0 Å². The number of rotatable bonds is 4. The molecule has 9 heteroatoms.